The zero-order valence-electron chi connectivity index (χ0n) is 18.3. The number of H-pyrrole nitrogens is 1. The van der Waals surface area contributed by atoms with Crippen LogP contribution in [0.4, 0.5) is 0 Å². The van der Waals surface area contributed by atoms with Gasteiger partial charge in [0.2, 0.25) is 11.8 Å². The number of methoxy groups -OCH3 is 2. The number of fused-ring (bicyclic) bond motifs is 9. The highest BCUT2D eigenvalue weighted by atomic mass is 32.2. The first-order chi connectivity index (χ1) is 16.3. The maximum Gasteiger partial charge on any atom is 0.325 e. The first kappa shape index (κ1) is 21.7. The second kappa shape index (κ2) is 7.61. The van der Waals surface area contributed by atoms with Crippen LogP contribution in [0.3, 0.4) is 0 Å². The highest BCUT2D eigenvalue weighted by Crippen LogP contribution is 2.68. The Morgan fingerprint density at radius 1 is 1.18 bits per heavy atom. The van der Waals surface area contributed by atoms with Crippen molar-refractivity contribution in [3.05, 3.63) is 38.3 Å². The number of likely N-dealkylation sites (tertiary alicyclic amines) is 1. The number of thiazole rings is 1. The van der Waals surface area contributed by atoms with Gasteiger partial charge in [-0.1, -0.05) is 17.4 Å². The molecule has 2 aliphatic carbocycles. The molecule has 2 bridgehead atoms. The van der Waals surface area contributed by atoms with Crippen molar-refractivity contribution < 1.29 is 29.0 Å². The normalized spacial score (nSPS) is 33.0. The Bertz CT molecular complexity index is 1290. The van der Waals surface area contributed by atoms with Crippen molar-refractivity contribution in [2.24, 2.45) is 29.6 Å². The number of hydrogen-bond acceptors (Lipinski definition) is 9. The minimum atomic E-state index is -0.616. The van der Waals surface area contributed by atoms with Crippen LogP contribution in [0.5, 0.6) is 11.5 Å². The zero-order chi connectivity index (χ0) is 23.9. The number of nitrogens with one attached hydrogen (secondary N) is 1. The van der Waals surface area contributed by atoms with E-state index in [1.165, 1.54) is 25.6 Å². The zero-order valence-corrected chi connectivity index (χ0v) is 20.0. The van der Waals surface area contributed by atoms with Crippen LogP contribution in [0, 0.1) is 29.6 Å². The van der Waals surface area contributed by atoms with Crippen LogP contribution < -0.4 is 9.61 Å². The molecule has 178 valence electrons. The van der Waals surface area contributed by atoms with Crippen LogP contribution in [0.25, 0.3) is 0 Å². The summed E-state index contributed by atoms with van der Waals surface area (Å²) in [7, 11) is 2.72. The molecule has 2 N–H and O–H groups in total. The topological polar surface area (TPSA) is 126 Å². The lowest BCUT2D eigenvalue weighted by molar-refractivity contribution is -0.151. The van der Waals surface area contributed by atoms with Gasteiger partial charge in [0.1, 0.15) is 6.54 Å². The molecule has 34 heavy (non-hydrogen) atoms. The molecule has 1 saturated heterocycles. The van der Waals surface area contributed by atoms with Crippen molar-refractivity contribution in [3.63, 3.8) is 0 Å². The quantitative estimate of drug-likeness (QED) is 0.479. The average Bonchev–Trinajstić information content (AvgIpc) is 3.55. The van der Waals surface area contributed by atoms with Gasteiger partial charge < -0.3 is 19.6 Å². The summed E-state index contributed by atoms with van der Waals surface area (Å²) in [5.41, 5.74) is 0.897. The molecule has 2 saturated carbocycles. The van der Waals surface area contributed by atoms with Gasteiger partial charge >= 0.3 is 10.8 Å². The number of aromatic amines is 1. The average molecular weight is 503 g/mol. The molecule has 11 heteroatoms. The van der Waals surface area contributed by atoms with Gasteiger partial charge in [-0.05, 0) is 41.9 Å². The van der Waals surface area contributed by atoms with Crippen molar-refractivity contribution in [3.8, 4) is 11.5 Å². The summed E-state index contributed by atoms with van der Waals surface area (Å²) in [5, 5.41) is 11.0. The molecule has 7 unspecified atom stereocenters. The number of carbonyl (C=O) groups excluding carboxylic acids is 3. The number of benzene rings is 1. The van der Waals surface area contributed by atoms with E-state index in [1.54, 1.807) is 23.9 Å². The van der Waals surface area contributed by atoms with Gasteiger partial charge in [-0.15, -0.1) is 11.8 Å². The van der Waals surface area contributed by atoms with Crippen LogP contribution in [0.1, 0.15) is 22.8 Å². The predicted molar refractivity (Wildman–Crippen MR) is 122 cm³/mol. The number of aromatic nitrogens is 1. The van der Waals surface area contributed by atoms with Crippen LogP contribution in [-0.4, -0.2) is 58.8 Å². The van der Waals surface area contributed by atoms with E-state index in [4.69, 9.17) is 9.47 Å². The lowest BCUT2D eigenvalue weighted by Crippen LogP contribution is -2.42. The van der Waals surface area contributed by atoms with Gasteiger partial charge in [-0.3, -0.25) is 24.1 Å². The summed E-state index contributed by atoms with van der Waals surface area (Å²) < 4.78 is 10.0. The Balaban J connectivity index is 1.44. The standard InChI is InChI=1S/C23H22N2O7S2/c1-31-12-5-8(3-4-11(12)26)14-15-9-6-10(18(15)33-20-19(14)34-23(30)24-20)17-16(9)21(28)25(22(17)29)7-13(27)32-2/h3-5,9-10,14-18,26H,6-7H2,1-2H3,(H,24,30). The van der Waals surface area contributed by atoms with Gasteiger partial charge in [0.05, 0.1) is 31.1 Å². The predicted octanol–water partition coefficient (Wildman–Crippen LogP) is 1.80. The van der Waals surface area contributed by atoms with Gasteiger partial charge in [0.25, 0.3) is 0 Å². The van der Waals surface area contributed by atoms with Crippen molar-refractivity contribution in [2.75, 3.05) is 20.8 Å². The molecule has 0 spiro atoms. The number of rotatable bonds is 4. The Labute approximate surface area is 202 Å². The van der Waals surface area contributed by atoms with E-state index >= 15 is 0 Å². The summed E-state index contributed by atoms with van der Waals surface area (Å²) >= 11 is 2.76. The van der Waals surface area contributed by atoms with E-state index in [1.807, 2.05) is 6.07 Å². The largest absolute Gasteiger partial charge is 0.504 e. The highest BCUT2D eigenvalue weighted by molar-refractivity contribution is 8.00. The summed E-state index contributed by atoms with van der Waals surface area (Å²) in [4.78, 5) is 55.5. The molecule has 2 aliphatic heterocycles. The maximum absolute atomic E-state index is 13.3. The fourth-order valence-corrected chi connectivity index (χ4v) is 9.58. The fraction of sp³-hybridized carbons (Fsp3) is 0.478. The van der Waals surface area contributed by atoms with E-state index in [2.05, 4.69) is 4.98 Å². The first-order valence-corrected chi connectivity index (χ1v) is 12.7. The summed E-state index contributed by atoms with van der Waals surface area (Å²) in [6, 6.07) is 5.20. The van der Waals surface area contributed by atoms with E-state index in [9.17, 15) is 24.3 Å². The minimum absolute atomic E-state index is 0.0258. The molecule has 4 aliphatic rings. The molecular weight excluding hydrogens is 480 g/mol. The molecule has 9 nitrogen and oxygen atoms in total. The molecule has 2 amide bonds. The second-order valence-corrected chi connectivity index (χ2v) is 11.4. The van der Waals surface area contributed by atoms with Crippen molar-refractivity contribution >= 4 is 40.9 Å². The van der Waals surface area contributed by atoms with Gasteiger partial charge in [0.15, 0.2) is 11.5 Å². The number of thioether (sulfide) groups is 1. The van der Waals surface area contributed by atoms with E-state index < -0.39 is 17.8 Å². The highest BCUT2D eigenvalue weighted by Gasteiger charge is 2.69. The van der Waals surface area contributed by atoms with E-state index in [0.29, 0.717) is 5.75 Å². The Morgan fingerprint density at radius 2 is 1.91 bits per heavy atom. The number of ether oxygens (including phenoxy) is 2. The third kappa shape index (κ3) is 2.86. The molecule has 2 aromatic rings. The fourth-order valence-electron chi connectivity index (χ4n) is 6.69. The van der Waals surface area contributed by atoms with Crippen LogP contribution in [-0.2, 0) is 19.1 Å². The van der Waals surface area contributed by atoms with Gasteiger partial charge in [-0.25, -0.2) is 0 Å². The molecule has 7 atom stereocenters. The van der Waals surface area contributed by atoms with Crippen molar-refractivity contribution in [1.29, 1.82) is 0 Å². The van der Waals surface area contributed by atoms with E-state index in [0.717, 1.165) is 26.8 Å². The Morgan fingerprint density at radius 3 is 2.62 bits per heavy atom. The number of imide groups is 1. The number of phenols is 1. The molecule has 1 aromatic carbocycles. The van der Waals surface area contributed by atoms with Crippen molar-refractivity contribution in [2.45, 2.75) is 22.6 Å². The molecule has 6 rings (SSSR count). The number of carbonyl (C=O) groups is 3. The third-order valence-electron chi connectivity index (χ3n) is 7.89. The summed E-state index contributed by atoms with van der Waals surface area (Å²) in [5.74, 6) is -1.98. The Kier molecular flexibility index (Phi) is 4.86. The molecule has 3 fully saturated rings. The number of nitrogens with zero attached hydrogens (tertiary/aromatic N) is 1. The summed E-state index contributed by atoms with van der Waals surface area (Å²) in [6.45, 7) is -0.359. The molecular formula is C23H22N2O7S2. The van der Waals surface area contributed by atoms with Gasteiger partial charge in [-0.2, -0.15) is 0 Å². The maximum atomic E-state index is 13.3. The number of esters is 1. The number of aromatic hydroxyl groups is 1. The van der Waals surface area contributed by atoms with Crippen LogP contribution in [0.15, 0.2) is 28.0 Å². The lowest BCUT2D eigenvalue weighted by atomic mass is 9.68. The SMILES string of the molecule is COC(=O)CN1C(=O)C2C3CC(C2C1=O)C1C(c2ccc(O)c(OC)c2)c2sc(=O)[nH]c2SC31. The number of amides is 2. The number of hydrogen-bond donors (Lipinski definition) is 2. The van der Waals surface area contributed by atoms with Crippen molar-refractivity contribution in [1.82, 2.24) is 9.88 Å². The minimum Gasteiger partial charge on any atom is -0.504 e. The second-order valence-electron chi connectivity index (χ2n) is 9.23. The third-order valence-corrected chi connectivity index (χ3v) is 10.5. The number of phenolic OH excluding ortho intramolecular Hbond substituents is 1. The van der Waals surface area contributed by atoms with Gasteiger partial charge in [0, 0.05) is 16.0 Å². The summed E-state index contributed by atoms with van der Waals surface area (Å²) in [6.07, 6.45) is 0.756. The van der Waals surface area contributed by atoms with Crippen LogP contribution >= 0.6 is 23.1 Å². The first-order valence-electron chi connectivity index (χ1n) is 11.0. The smallest absolute Gasteiger partial charge is 0.325 e. The Hall–Kier alpha value is -2.79. The molecule has 0 radical (unpaired) electrons. The molecule has 3 heterocycles. The van der Waals surface area contributed by atoms with Crippen LogP contribution in [0.2, 0.25) is 0 Å². The monoisotopic (exact) mass is 502 g/mol. The van der Waals surface area contributed by atoms with E-state index in [-0.39, 0.29) is 57.9 Å². The molecule has 1 aromatic heterocycles. The lowest BCUT2D eigenvalue weighted by Gasteiger charge is -2.43.